The van der Waals surface area contributed by atoms with Crippen LogP contribution < -0.4 is 5.32 Å². The van der Waals surface area contributed by atoms with E-state index in [2.05, 4.69) is 44.1 Å². The van der Waals surface area contributed by atoms with Crippen molar-refractivity contribution in [3.05, 3.63) is 0 Å². The fourth-order valence-electron chi connectivity index (χ4n) is 0.615. The molecule has 3 heteroatoms. The zero-order valence-electron chi connectivity index (χ0n) is 6.37. The molecule has 0 heterocycles. The van der Waals surface area contributed by atoms with Gasteiger partial charge in [-0.05, 0) is 13.0 Å². The number of unbranched alkanes of at least 4 members (excludes halogenated alkanes) is 1. The van der Waals surface area contributed by atoms with E-state index in [9.17, 15) is 0 Å². The first-order valence-corrected chi connectivity index (χ1v) is 5.75. The molecule has 0 aliphatic carbocycles. The number of hydrogen-bond acceptors (Lipinski definition) is 1. The number of nitrogens with one attached hydrogen (secondary N) is 1. The maximum Gasteiger partial charge on any atom is 0.0367 e. The van der Waals surface area contributed by atoms with E-state index >= 15 is 0 Å². The van der Waals surface area contributed by atoms with Gasteiger partial charge in [-0.1, -0.05) is 45.2 Å². The average Bonchev–Trinajstić information content (AvgIpc) is 1.98. The third kappa shape index (κ3) is 7.03. The van der Waals surface area contributed by atoms with Crippen LogP contribution in [0, 0.1) is 0 Å². The topological polar surface area (TPSA) is 12.0 Å². The lowest BCUT2D eigenvalue weighted by Crippen LogP contribution is -2.24. The van der Waals surface area contributed by atoms with Crippen molar-refractivity contribution in [3.8, 4) is 0 Å². The summed E-state index contributed by atoms with van der Waals surface area (Å²) in [6, 6.07) is 0. The summed E-state index contributed by atoms with van der Waals surface area (Å²) in [7, 11) is 0. The summed E-state index contributed by atoms with van der Waals surface area (Å²) >= 11 is 6.92. The molecule has 62 valence electrons. The predicted octanol–water partition coefficient (Wildman–Crippen LogP) is 2.53. The molecule has 0 aromatic carbocycles. The molecule has 0 aliphatic rings. The van der Waals surface area contributed by atoms with Crippen molar-refractivity contribution in [2.45, 2.75) is 24.6 Å². The molecule has 0 bridgehead atoms. The SMILES string of the molecule is CCCCNCC(Br)CBr. The van der Waals surface area contributed by atoms with Crippen LogP contribution in [0.4, 0.5) is 0 Å². The Morgan fingerprint density at radius 3 is 2.70 bits per heavy atom. The van der Waals surface area contributed by atoms with Crippen molar-refractivity contribution >= 4 is 31.9 Å². The Bertz CT molecular complexity index is 68.6. The molecule has 0 aliphatic heterocycles. The monoisotopic (exact) mass is 271 g/mol. The first-order chi connectivity index (χ1) is 4.81. The summed E-state index contributed by atoms with van der Waals surface area (Å²) in [6.07, 6.45) is 2.55. The van der Waals surface area contributed by atoms with Crippen LogP contribution in [0.25, 0.3) is 0 Å². The van der Waals surface area contributed by atoms with Gasteiger partial charge in [-0.15, -0.1) is 0 Å². The summed E-state index contributed by atoms with van der Waals surface area (Å²) in [5.74, 6) is 0. The minimum Gasteiger partial charge on any atom is -0.316 e. The molecule has 0 amide bonds. The first kappa shape index (κ1) is 10.9. The van der Waals surface area contributed by atoms with Crippen LogP contribution in [-0.2, 0) is 0 Å². The van der Waals surface area contributed by atoms with Crippen molar-refractivity contribution in [2.24, 2.45) is 0 Å². The Balaban J connectivity index is 2.89. The third-order valence-corrected chi connectivity index (χ3v) is 3.54. The lowest BCUT2D eigenvalue weighted by atomic mass is 10.3. The molecule has 0 rings (SSSR count). The Hall–Kier alpha value is 0.920. The van der Waals surface area contributed by atoms with Gasteiger partial charge in [-0.25, -0.2) is 0 Å². The largest absolute Gasteiger partial charge is 0.316 e. The summed E-state index contributed by atoms with van der Waals surface area (Å²) in [5, 5.41) is 4.38. The number of alkyl halides is 2. The highest BCUT2D eigenvalue weighted by atomic mass is 79.9. The average molecular weight is 273 g/mol. The van der Waals surface area contributed by atoms with E-state index < -0.39 is 0 Å². The fraction of sp³-hybridized carbons (Fsp3) is 1.00. The molecule has 0 spiro atoms. The third-order valence-electron chi connectivity index (χ3n) is 1.24. The minimum absolute atomic E-state index is 0.573. The molecule has 1 N–H and O–H groups in total. The molecule has 0 aromatic heterocycles. The Morgan fingerprint density at radius 1 is 1.50 bits per heavy atom. The highest BCUT2D eigenvalue weighted by molar-refractivity contribution is 9.12. The lowest BCUT2D eigenvalue weighted by Gasteiger charge is -2.06. The molecule has 1 unspecified atom stereocenters. The van der Waals surface area contributed by atoms with E-state index in [1.54, 1.807) is 0 Å². The highest BCUT2D eigenvalue weighted by Crippen LogP contribution is 2.00. The van der Waals surface area contributed by atoms with Crippen LogP contribution in [0.5, 0.6) is 0 Å². The van der Waals surface area contributed by atoms with E-state index in [0.717, 1.165) is 18.4 Å². The van der Waals surface area contributed by atoms with Crippen LogP contribution in [0.3, 0.4) is 0 Å². The maximum absolute atomic E-state index is 3.52. The van der Waals surface area contributed by atoms with Gasteiger partial charge in [-0.3, -0.25) is 0 Å². The molecule has 0 fully saturated rings. The van der Waals surface area contributed by atoms with Crippen molar-refractivity contribution in [3.63, 3.8) is 0 Å². The summed E-state index contributed by atoms with van der Waals surface area (Å²) in [6.45, 7) is 4.41. The Labute approximate surface area is 80.2 Å². The lowest BCUT2D eigenvalue weighted by molar-refractivity contribution is 0.644. The number of rotatable bonds is 6. The maximum atomic E-state index is 3.52. The summed E-state index contributed by atoms with van der Waals surface area (Å²) < 4.78 is 0. The molecule has 0 saturated heterocycles. The number of halogens is 2. The molecule has 0 saturated carbocycles. The van der Waals surface area contributed by atoms with Crippen molar-refractivity contribution in [1.82, 2.24) is 5.32 Å². The van der Waals surface area contributed by atoms with Crippen molar-refractivity contribution < 1.29 is 0 Å². The fourth-order valence-corrected chi connectivity index (χ4v) is 1.07. The molecule has 10 heavy (non-hydrogen) atoms. The van der Waals surface area contributed by atoms with Crippen LogP contribution in [0.1, 0.15) is 19.8 Å². The van der Waals surface area contributed by atoms with Gasteiger partial charge in [0.25, 0.3) is 0 Å². The van der Waals surface area contributed by atoms with Gasteiger partial charge < -0.3 is 5.32 Å². The molecule has 0 radical (unpaired) electrons. The van der Waals surface area contributed by atoms with E-state index in [4.69, 9.17) is 0 Å². The van der Waals surface area contributed by atoms with Crippen LogP contribution in [0.2, 0.25) is 0 Å². The summed E-state index contributed by atoms with van der Waals surface area (Å²) in [5.41, 5.74) is 0. The van der Waals surface area contributed by atoms with Crippen LogP contribution in [0.15, 0.2) is 0 Å². The van der Waals surface area contributed by atoms with E-state index in [1.165, 1.54) is 12.8 Å². The zero-order chi connectivity index (χ0) is 7.82. The molecular formula is C7H15Br2N. The van der Waals surface area contributed by atoms with Crippen molar-refractivity contribution in [2.75, 3.05) is 18.4 Å². The predicted molar refractivity (Wildman–Crippen MR) is 54.3 cm³/mol. The standard InChI is InChI=1S/C7H15Br2N/c1-2-3-4-10-6-7(9)5-8/h7,10H,2-6H2,1H3. The van der Waals surface area contributed by atoms with Crippen LogP contribution in [-0.4, -0.2) is 23.2 Å². The van der Waals surface area contributed by atoms with Gasteiger partial charge in [0.2, 0.25) is 0 Å². The van der Waals surface area contributed by atoms with Gasteiger partial charge in [0.15, 0.2) is 0 Å². The van der Waals surface area contributed by atoms with E-state index in [0.29, 0.717) is 4.83 Å². The van der Waals surface area contributed by atoms with Gasteiger partial charge in [0.1, 0.15) is 0 Å². The first-order valence-electron chi connectivity index (χ1n) is 3.72. The van der Waals surface area contributed by atoms with Gasteiger partial charge in [0, 0.05) is 16.7 Å². The second-order valence-electron chi connectivity index (χ2n) is 2.31. The molecule has 1 atom stereocenters. The van der Waals surface area contributed by atoms with Crippen molar-refractivity contribution in [1.29, 1.82) is 0 Å². The second-order valence-corrected chi connectivity index (χ2v) is 4.25. The van der Waals surface area contributed by atoms with Gasteiger partial charge >= 0.3 is 0 Å². The molecule has 1 nitrogen and oxygen atoms in total. The zero-order valence-corrected chi connectivity index (χ0v) is 9.54. The quantitative estimate of drug-likeness (QED) is 0.579. The Morgan fingerprint density at radius 2 is 2.20 bits per heavy atom. The summed E-state index contributed by atoms with van der Waals surface area (Å²) in [4.78, 5) is 0.573. The smallest absolute Gasteiger partial charge is 0.0367 e. The second kappa shape index (κ2) is 8.02. The van der Waals surface area contributed by atoms with Gasteiger partial charge in [0.05, 0.1) is 0 Å². The Kier molecular flexibility index (Phi) is 8.76. The van der Waals surface area contributed by atoms with E-state index in [-0.39, 0.29) is 0 Å². The number of hydrogen-bond donors (Lipinski definition) is 1. The van der Waals surface area contributed by atoms with Crippen LogP contribution >= 0.6 is 31.9 Å². The van der Waals surface area contributed by atoms with Gasteiger partial charge in [-0.2, -0.15) is 0 Å². The molecular weight excluding hydrogens is 258 g/mol. The molecule has 0 aromatic rings. The van der Waals surface area contributed by atoms with E-state index in [1.807, 2.05) is 0 Å². The normalized spacial score (nSPS) is 13.5. The minimum atomic E-state index is 0.573. The highest BCUT2D eigenvalue weighted by Gasteiger charge is 1.98.